The molecule has 2 aromatic heterocycles. The van der Waals surface area contributed by atoms with Crippen LogP contribution in [0.25, 0.3) is 11.5 Å². The van der Waals surface area contributed by atoms with Gasteiger partial charge in [0.25, 0.3) is 0 Å². The van der Waals surface area contributed by atoms with Gasteiger partial charge in [-0.3, -0.25) is 4.90 Å². The molecule has 8 heteroatoms. The lowest BCUT2D eigenvalue weighted by molar-refractivity contribution is 0.136. The molecule has 2 atom stereocenters. The average Bonchev–Trinajstić information content (AvgIpc) is 3.30. The number of β-amino-alcohol motifs (C(OH)–C–C–N with tert-alkyl or cyclic N) is 1. The maximum Gasteiger partial charge on any atom is 0.247 e. The number of aliphatic hydroxyl groups is 1. The molecule has 0 spiro atoms. The zero-order valence-corrected chi connectivity index (χ0v) is 14.3. The Bertz CT molecular complexity index is 894. The minimum absolute atomic E-state index is 0.0629. The summed E-state index contributed by atoms with van der Waals surface area (Å²) in [5.41, 5.74) is 1.38. The van der Waals surface area contributed by atoms with E-state index in [1.807, 2.05) is 13.0 Å². The molecular weight excluding hydrogens is 339 g/mol. The Kier molecular flexibility index (Phi) is 4.52. The van der Waals surface area contributed by atoms with Crippen LogP contribution in [-0.2, 0) is 13.0 Å². The van der Waals surface area contributed by atoms with Crippen LogP contribution >= 0.6 is 0 Å². The summed E-state index contributed by atoms with van der Waals surface area (Å²) in [7, 11) is 0. The van der Waals surface area contributed by atoms with Crippen LogP contribution in [0.4, 0.5) is 4.39 Å². The van der Waals surface area contributed by atoms with Gasteiger partial charge in [0.15, 0.2) is 0 Å². The normalized spacial score (nSPS) is 20.7. The SMILES string of the molecule is Cc1cc(C[C@@H]2CN(Cc3nnc(-c4cccc(F)c4)o3)C[C@@H]2O)on1. The van der Waals surface area contributed by atoms with E-state index < -0.39 is 6.10 Å². The number of hydrogen-bond acceptors (Lipinski definition) is 7. The van der Waals surface area contributed by atoms with Gasteiger partial charge in [0.05, 0.1) is 18.3 Å². The van der Waals surface area contributed by atoms with Crippen molar-refractivity contribution >= 4 is 0 Å². The van der Waals surface area contributed by atoms with Crippen molar-refractivity contribution < 1.29 is 18.4 Å². The molecule has 26 heavy (non-hydrogen) atoms. The highest BCUT2D eigenvalue weighted by Crippen LogP contribution is 2.24. The number of aliphatic hydroxyl groups excluding tert-OH is 1. The number of benzene rings is 1. The number of likely N-dealkylation sites (tertiary alicyclic amines) is 1. The van der Waals surface area contributed by atoms with Crippen LogP contribution in [0.3, 0.4) is 0 Å². The molecule has 0 radical (unpaired) electrons. The zero-order valence-electron chi connectivity index (χ0n) is 14.3. The summed E-state index contributed by atoms with van der Waals surface area (Å²) < 4.78 is 24.2. The highest BCUT2D eigenvalue weighted by Gasteiger charge is 2.33. The van der Waals surface area contributed by atoms with Gasteiger partial charge in [-0.25, -0.2) is 4.39 Å². The van der Waals surface area contributed by atoms with Crippen molar-refractivity contribution in [3.63, 3.8) is 0 Å². The van der Waals surface area contributed by atoms with Crippen LogP contribution in [-0.4, -0.2) is 44.6 Å². The standard InChI is InChI=1S/C18H19FN4O3/c1-11-5-15(26-22-11)7-13-8-23(9-16(13)24)10-17-20-21-18(25-17)12-3-2-4-14(19)6-12/h2-6,13,16,24H,7-10H2,1H3/t13-,16+/m1/s1. The molecule has 1 fully saturated rings. The van der Waals surface area contributed by atoms with Gasteiger partial charge in [-0.15, -0.1) is 10.2 Å². The predicted molar refractivity (Wildman–Crippen MR) is 89.4 cm³/mol. The van der Waals surface area contributed by atoms with E-state index >= 15 is 0 Å². The van der Waals surface area contributed by atoms with Crippen LogP contribution in [0, 0.1) is 18.7 Å². The number of hydrogen-bond donors (Lipinski definition) is 1. The van der Waals surface area contributed by atoms with Crippen molar-refractivity contribution in [2.24, 2.45) is 5.92 Å². The third kappa shape index (κ3) is 3.66. The van der Waals surface area contributed by atoms with Crippen molar-refractivity contribution in [3.05, 3.63) is 53.5 Å². The third-order valence-corrected chi connectivity index (χ3v) is 4.52. The molecule has 0 saturated carbocycles. The van der Waals surface area contributed by atoms with Gasteiger partial charge in [-0.1, -0.05) is 11.2 Å². The Morgan fingerprint density at radius 1 is 1.27 bits per heavy atom. The van der Waals surface area contributed by atoms with E-state index in [4.69, 9.17) is 8.94 Å². The van der Waals surface area contributed by atoms with Gasteiger partial charge in [-0.2, -0.15) is 0 Å². The molecule has 7 nitrogen and oxygen atoms in total. The highest BCUT2D eigenvalue weighted by atomic mass is 19.1. The average molecular weight is 358 g/mol. The van der Waals surface area contributed by atoms with E-state index in [0.717, 1.165) is 11.5 Å². The number of aromatic nitrogens is 3. The summed E-state index contributed by atoms with van der Waals surface area (Å²) in [6, 6.07) is 7.92. The van der Waals surface area contributed by atoms with Gasteiger partial charge in [0.2, 0.25) is 11.8 Å². The summed E-state index contributed by atoms with van der Waals surface area (Å²) in [4.78, 5) is 2.06. The Hall–Kier alpha value is -2.58. The van der Waals surface area contributed by atoms with E-state index in [9.17, 15) is 9.50 Å². The van der Waals surface area contributed by atoms with Gasteiger partial charge in [0, 0.05) is 37.1 Å². The third-order valence-electron chi connectivity index (χ3n) is 4.52. The van der Waals surface area contributed by atoms with Gasteiger partial charge in [0.1, 0.15) is 11.6 Å². The molecule has 0 amide bonds. The Morgan fingerprint density at radius 2 is 2.15 bits per heavy atom. The number of halogens is 1. The lowest BCUT2D eigenvalue weighted by atomic mass is 10.0. The fraction of sp³-hybridized carbons (Fsp3) is 0.389. The Balaban J connectivity index is 1.39. The fourth-order valence-corrected chi connectivity index (χ4v) is 3.29. The number of rotatable bonds is 5. The zero-order chi connectivity index (χ0) is 18.1. The molecule has 136 valence electrons. The largest absolute Gasteiger partial charge is 0.419 e. The lowest BCUT2D eigenvalue weighted by Crippen LogP contribution is -2.21. The van der Waals surface area contributed by atoms with Crippen LogP contribution in [0.5, 0.6) is 0 Å². The lowest BCUT2D eigenvalue weighted by Gasteiger charge is -2.12. The summed E-state index contributed by atoms with van der Waals surface area (Å²) >= 11 is 0. The number of nitrogens with zero attached hydrogens (tertiary/aromatic N) is 4. The molecule has 3 heterocycles. The Morgan fingerprint density at radius 3 is 2.92 bits per heavy atom. The van der Waals surface area contributed by atoms with Crippen molar-refractivity contribution in [1.29, 1.82) is 0 Å². The summed E-state index contributed by atoms with van der Waals surface area (Å²) in [6.07, 6.45) is 0.183. The summed E-state index contributed by atoms with van der Waals surface area (Å²) in [5, 5.41) is 22.2. The van der Waals surface area contributed by atoms with E-state index in [2.05, 4.69) is 20.3 Å². The van der Waals surface area contributed by atoms with Crippen molar-refractivity contribution in [2.45, 2.75) is 26.0 Å². The molecular formula is C18H19FN4O3. The smallest absolute Gasteiger partial charge is 0.247 e. The maximum atomic E-state index is 13.3. The first-order valence-corrected chi connectivity index (χ1v) is 8.48. The van der Waals surface area contributed by atoms with Gasteiger partial charge < -0.3 is 14.0 Å². The van der Waals surface area contributed by atoms with E-state index in [1.165, 1.54) is 12.1 Å². The molecule has 1 aliphatic heterocycles. The van der Waals surface area contributed by atoms with Gasteiger partial charge >= 0.3 is 0 Å². The second-order valence-electron chi connectivity index (χ2n) is 6.67. The van der Waals surface area contributed by atoms with Crippen molar-refractivity contribution in [1.82, 2.24) is 20.3 Å². The molecule has 3 aromatic rings. The first-order chi connectivity index (χ1) is 12.6. The quantitative estimate of drug-likeness (QED) is 0.748. The first-order valence-electron chi connectivity index (χ1n) is 8.48. The predicted octanol–water partition coefficient (Wildman–Crippen LogP) is 2.21. The van der Waals surface area contributed by atoms with Crippen molar-refractivity contribution in [2.75, 3.05) is 13.1 Å². The minimum Gasteiger partial charge on any atom is -0.419 e. The molecule has 1 saturated heterocycles. The van der Waals surface area contributed by atoms with Crippen LogP contribution in [0.15, 0.2) is 39.3 Å². The van der Waals surface area contributed by atoms with Crippen molar-refractivity contribution in [3.8, 4) is 11.5 Å². The summed E-state index contributed by atoms with van der Waals surface area (Å²) in [6.45, 7) is 3.52. The van der Waals surface area contributed by atoms with Crippen LogP contribution < -0.4 is 0 Å². The molecule has 1 aliphatic rings. The molecule has 0 unspecified atom stereocenters. The minimum atomic E-state index is -0.453. The molecule has 4 rings (SSSR count). The second kappa shape index (κ2) is 6.97. The van der Waals surface area contributed by atoms with Crippen LogP contribution in [0.2, 0.25) is 0 Å². The number of aryl methyl sites for hydroxylation is 1. The van der Waals surface area contributed by atoms with Gasteiger partial charge in [-0.05, 0) is 25.1 Å². The maximum absolute atomic E-state index is 13.3. The summed E-state index contributed by atoms with van der Waals surface area (Å²) in [5.74, 6) is 1.21. The molecule has 0 aliphatic carbocycles. The first kappa shape index (κ1) is 16.9. The van der Waals surface area contributed by atoms with E-state index in [0.29, 0.717) is 37.5 Å². The topological polar surface area (TPSA) is 88.4 Å². The molecule has 1 N–H and O–H groups in total. The fourth-order valence-electron chi connectivity index (χ4n) is 3.29. The second-order valence-corrected chi connectivity index (χ2v) is 6.67. The van der Waals surface area contributed by atoms with Crippen LogP contribution in [0.1, 0.15) is 17.3 Å². The molecule has 0 bridgehead atoms. The molecule has 1 aromatic carbocycles. The monoisotopic (exact) mass is 358 g/mol. The van der Waals surface area contributed by atoms with E-state index in [-0.39, 0.29) is 17.6 Å². The Labute approximate surface area is 149 Å². The van der Waals surface area contributed by atoms with E-state index in [1.54, 1.807) is 12.1 Å². The highest BCUT2D eigenvalue weighted by molar-refractivity contribution is 5.52.